The number of aliphatic hydroxyl groups is 1. The van der Waals surface area contributed by atoms with Gasteiger partial charge in [0.05, 0.1) is 7.11 Å². The van der Waals surface area contributed by atoms with Crippen LogP contribution in [0.5, 0.6) is 5.75 Å². The summed E-state index contributed by atoms with van der Waals surface area (Å²) in [4.78, 5) is 0. The number of ether oxygens (including phenoxy) is 1. The van der Waals surface area contributed by atoms with Crippen LogP contribution in [0.1, 0.15) is 16.7 Å². The third-order valence-corrected chi connectivity index (χ3v) is 2.23. The van der Waals surface area contributed by atoms with Crippen LogP contribution in [0.15, 0.2) is 12.1 Å². The van der Waals surface area contributed by atoms with Crippen LogP contribution in [0.25, 0.3) is 0 Å². The highest BCUT2D eigenvalue weighted by molar-refractivity contribution is 5.41. The molecule has 0 aliphatic rings. The number of aliphatic hydroxyl groups excluding tert-OH is 1. The predicted octanol–water partition coefficient (Wildman–Crippen LogP) is 1.85. The van der Waals surface area contributed by atoms with Gasteiger partial charge in [-0.15, -0.1) is 0 Å². The Morgan fingerprint density at radius 2 is 1.92 bits per heavy atom. The van der Waals surface area contributed by atoms with Crippen LogP contribution in [0, 0.1) is 13.8 Å². The Labute approximate surface area is 79.2 Å². The molecule has 0 aromatic heterocycles. The van der Waals surface area contributed by atoms with Crippen molar-refractivity contribution >= 4 is 0 Å². The molecule has 0 radical (unpaired) electrons. The smallest absolute Gasteiger partial charge is 0.122 e. The Morgan fingerprint density at radius 3 is 2.46 bits per heavy atom. The summed E-state index contributed by atoms with van der Waals surface area (Å²) in [6, 6.07) is 4.09. The topological polar surface area (TPSA) is 29.5 Å². The average molecular weight is 180 g/mol. The van der Waals surface area contributed by atoms with E-state index < -0.39 is 0 Å². The first-order chi connectivity index (χ1) is 6.19. The van der Waals surface area contributed by atoms with Crippen LogP contribution >= 0.6 is 0 Å². The zero-order valence-electron chi connectivity index (χ0n) is 8.42. The number of benzene rings is 1. The fraction of sp³-hybridized carbons (Fsp3) is 0.455. The average Bonchev–Trinajstić information content (AvgIpc) is 2.11. The molecule has 0 heterocycles. The molecular formula is C11H16O2. The van der Waals surface area contributed by atoms with Crippen molar-refractivity contribution in [3.8, 4) is 5.75 Å². The van der Waals surface area contributed by atoms with Gasteiger partial charge in [-0.3, -0.25) is 0 Å². The maximum atomic E-state index is 8.83. The Bertz CT molecular complexity index is 292. The van der Waals surface area contributed by atoms with Gasteiger partial charge in [0.25, 0.3) is 0 Å². The fourth-order valence-corrected chi connectivity index (χ4v) is 1.46. The number of rotatable bonds is 3. The Morgan fingerprint density at radius 1 is 1.23 bits per heavy atom. The molecule has 0 saturated heterocycles. The van der Waals surface area contributed by atoms with Gasteiger partial charge in [0.1, 0.15) is 5.75 Å². The van der Waals surface area contributed by atoms with Gasteiger partial charge >= 0.3 is 0 Å². The van der Waals surface area contributed by atoms with E-state index in [1.807, 2.05) is 19.9 Å². The van der Waals surface area contributed by atoms with Gasteiger partial charge in [-0.25, -0.2) is 0 Å². The molecule has 2 heteroatoms. The second kappa shape index (κ2) is 4.28. The molecule has 0 bridgehead atoms. The van der Waals surface area contributed by atoms with Crippen LogP contribution in [0.4, 0.5) is 0 Å². The van der Waals surface area contributed by atoms with E-state index in [1.165, 1.54) is 11.1 Å². The van der Waals surface area contributed by atoms with Crippen molar-refractivity contribution in [2.45, 2.75) is 20.3 Å². The monoisotopic (exact) mass is 180 g/mol. The summed E-state index contributed by atoms with van der Waals surface area (Å²) in [5, 5.41) is 8.83. The third kappa shape index (κ3) is 2.22. The number of hydrogen-bond donors (Lipinski definition) is 1. The SMILES string of the molecule is COc1cc(C)c(CCO)cc1C. The molecule has 0 aliphatic carbocycles. The van der Waals surface area contributed by atoms with Crippen molar-refractivity contribution in [3.63, 3.8) is 0 Å². The largest absolute Gasteiger partial charge is 0.496 e. The Hall–Kier alpha value is -1.02. The normalized spacial score (nSPS) is 10.2. The second-order valence-electron chi connectivity index (χ2n) is 3.22. The molecule has 13 heavy (non-hydrogen) atoms. The van der Waals surface area contributed by atoms with Crippen LogP contribution in [0.2, 0.25) is 0 Å². The standard InChI is InChI=1S/C11H16O2/c1-8-7-11(13-3)9(2)6-10(8)4-5-12/h6-7,12H,4-5H2,1-3H3. The first kappa shape index (κ1) is 10.1. The summed E-state index contributed by atoms with van der Waals surface area (Å²) in [5.41, 5.74) is 3.49. The van der Waals surface area contributed by atoms with Gasteiger partial charge in [-0.2, -0.15) is 0 Å². The minimum atomic E-state index is 0.201. The summed E-state index contributed by atoms with van der Waals surface area (Å²) >= 11 is 0. The van der Waals surface area contributed by atoms with Crippen LogP contribution in [-0.2, 0) is 6.42 Å². The van der Waals surface area contributed by atoms with Crippen LogP contribution in [0.3, 0.4) is 0 Å². The summed E-state index contributed by atoms with van der Waals surface area (Å²) in [6.07, 6.45) is 0.719. The van der Waals surface area contributed by atoms with E-state index in [0.717, 1.165) is 17.7 Å². The molecule has 0 aliphatic heterocycles. The molecule has 1 N–H and O–H groups in total. The van der Waals surface area contributed by atoms with E-state index in [-0.39, 0.29) is 6.61 Å². The lowest BCUT2D eigenvalue weighted by Gasteiger charge is -2.10. The number of hydrogen-bond acceptors (Lipinski definition) is 2. The first-order valence-corrected chi connectivity index (χ1v) is 4.44. The lowest BCUT2D eigenvalue weighted by atomic mass is 10.0. The molecular weight excluding hydrogens is 164 g/mol. The van der Waals surface area contributed by atoms with Gasteiger partial charge in [-0.05, 0) is 43.0 Å². The Kier molecular flexibility index (Phi) is 3.32. The lowest BCUT2D eigenvalue weighted by molar-refractivity contribution is 0.299. The zero-order valence-corrected chi connectivity index (χ0v) is 8.42. The van der Waals surface area contributed by atoms with E-state index in [0.29, 0.717) is 0 Å². The fourth-order valence-electron chi connectivity index (χ4n) is 1.46. The maximum absolute atomic E-state index is 8.83. The summed E-state index contributed by atoms with van der Waals surface area (Å²) < 4.78 is 5.20. The maximum Gasteiger partial charge on any atom is 0.122 e. The summed E-state index contributed by atoms with van der Waals surface area (Å²) in [7, 11) is 1.67. The second-order valence-corrected chi connectivity index (χ2v) is 3.22. The molecule has 0 saturated carbocycles. The van der Waals surface area contributed by atoms with E-state index in [2.05, 4.69) is 6.07 Å². The predicted molar refractivity (Wildman–Crippen MR) is 53.3 cm³/mol. The Balaban J connectivity index is 3.05. The van der Waals surface area contributed by atoms with Gasteiger partial charge in [0.15, 0.2) is 0 Å². The molecule has 1 rings (SSSR count). The molecule has 0 unspecified atom stereocenters. The minimum Gasteiger partial charge on any atom is -0.496 e. The first-order valence-electron chi connectivity index (χ1n) is 4.44. The highest BCUT2D eigenvalue weighted by Crippen LogP contribution is 2.22. The van der Waals surface area contributed by atoms with E-state index in [1.54, 1.807) is 7.11 Å². The lowest BCUT2D eigenvalue weighted by Crippen LogP contribution is -1.97. The highest BCUT2D eigenvalue weighted by Gasteiger charge is 2.03. The van der Waals surface area contributed by atoms with Crippen molar-refractivity contribution in [2.24, 2.45) is 0 Å². The van der Waals surface area contributed by atoms with Crippen LogP contribution < -0.4 is 4.74 Å². The van der Waals surface area contributed by atoms with Gasteiger partial charge in [0, 0.05) is 6.61 Å². The number of methoxy groups -OCH3 is 1. The van der Waals surface area contributed by atoms with Crippen molar-refractivity contribution < 1.29 is 9.84 Å². The zero-order chi connectivity index (χ0) is 9.84. The molecule has 0 spiro atoms. The van der Waals surface area contributed by atoms with Gasteiger partial charge < -0.3 is 9.84 Å². The molecule has 0 fully saturated rings. The molecule has 1 aromatic carbocycles. The van der Waals surface area contributed by atoms with Crippen molar-refractivity contribution in [1.82, 2.24) is 0 Å². The molecule has 72 valence electrons. The van der Waals surface area contributed by atoms with Gasteiger partial charge in [0.2, 0.25) is 0 Å². The summed E-state index contributed by atoms with van der Waals surface area (Å²) in [5.74, 6) is 0.916. The van der Waals surface area contributed by atoms with Crippen molar-refractivity contribution in [3.05, 3.63) is 28.8 Å². The van der Waals surface area contributed by atoms with E-state index >= 15 is 0 Å². The van der Waals surface area contributed by atoms with E-state index in [9.17, 15) is 0 Å². The minimum absolute atomic E-state index is 0.201. The molecule has 0 amide bonds. The van der Waals surface area contributed by atoms with Crippen LogP contribution in [-0.4, -0.2) is 18.8 Å². The van der Waals surface area contributed by atoms with Crippen molar-refractivity contribution in [2.75, 3.05) is 13.7 Å². The van der Waals surface area contributed by atoms with E-state index in [4.69, 9.17) is 9.84 Å². The third-order valence-electron chi connectivity index (χ3n) is 2.23. The molecule has 2 nitrogen and oxygen atoms in total. The van der Waals surface area contributed by atoms with Crippen molar-refractivity contribution in [1.29, 1.82) is 0 Å². The highest BCUT2D eigenvalue weighted by atomic mass is 16.5. The quantitative estimate of drug-likeness (QED) is 0.769. The molecule has 1 aromatic rings. The summed E-state index contributed by atoms with van der Waals surface area (Å²) in [6.45, 7) is 4.25. The number of aryl methyl sites for hydroxylation is 2. The van der Waals surface area contributed by atoms with Gasteiger partial charge in [-0.1, -0.05) is 6.07 Å². The molecule has 0 atom stereocenters.